The number of hydrogen-bond donors (Lipinski definition) is 4. The van der Waals surface area contributed by atoms with Gasteiger partial charge >= 0.3 is 12.0 Å². The van der Waals surface area contributed by atoms with Gasteiger partial charge in [-0.05, 0) is 25.7 Å². The van der Waals surface area contributed by atoms with Gasteiger partial charge in [-0.1, -0.05) is 13.3 Å². The number of aliphatic hydroxyl groups excluding tert-OH is 1. The van der Waals surface area contributed by atoms with Gasteiger partial charge in [0.05, 0.1) is 6.10 Å². The van der Waals surface area contributed by atoms with E-state index in [1.807, 2.05) is 0 Å². The molecule has 2 amide bonds. The molecule has 0 saturated heterocycles. The van der Waals surface area contributed by atoms with Crippen LogP contribution in [0.25, 0.3) is 0 Å². The fourth-order valence-corrected chi connectivity index (χ4v) is 2.10. The second-order valence-electron chi connectivity index (χ2n) is 4.69. The summed E-state index contributed by atoms with van der Waals surface area (Å²) in [5, 5.41) is 23.0. The Kier molecular flexibility index (Phi) is 4.74. The zero-order valence-corrected chi connectivity index (χ0v) is 10.1. The van der Waals surface area contributed by atoms with Crippen molar-refractivity contribution in [3.8, 4) is 0 Å². The number of carboxylic acid groups (broad SMARTS) is 1. The van der Waals surface area contributed by atoms with Gasteiger partial charge in [-0.3, -0.25) is 0 Å². The zero-order chi connectivity index (χ0) is 13.0. The monoisotopic (exact) mass is 244 g/mol. The van der Waals surface area contributed by atoms with Crippen LogP contribution >= 0.6 is 0 Å². The third kappa shape index (κ3) is 3.89. The van der Waals surface area contributed by atoms with Crippen molar-refractivity contribution >= 4 is 12.0 Å². The Labute approximate surface area is 100 Å². The second-order valence-corrected chi connectivity index (χ2v) is 4.69. The molecule has 98 valence electrons. The molecule has 0 aromatic carbocycles. The van der Waals surface area contributed by atoms with Crippen LogP contribution in [-0.4, -0.2) is 40.4 Å². The average molecular weight is 244 g/mol. The fraction of sp³-hybridized carbons (Fsp3) is 0.818. The summed E-state index contributed by atoms with van der Waals surface area (Å²) >= 11 is 0. The van der Waals surface area contributed by atoms with E-state index in [9.17, 15) is 14.7 Å². The van der Waals surface area contributed by atoms with Gasteiger partial charge in [0.25, 0.3) is 0 Å². The van der Waals surface area contributed by atoms with Gasteiger partial charge < -0.3 is 20.8 Å². The summed E-state index contributed by atoms with van der Waals surface area (Å²) in [5.41, 5.74) is 0. The number of amides is 2. The smallest absolute Gasteiger partial charge is 0.328 e. The molecule has 0 bridgehead atoms. The van der Waals surface area contributed by atoms with Crippen molar-refractivity contribution < 1.29 is 19.8 Å². The molecule has 6 nitrogen and oxygen atoms in total. The van der Waals surface area contributed by atoms with Crippen LogP contribution in [-0.2, 0) is 4.79 Å². The Morgan fingerprint density at radius 3 is 2.41 bits per heavy atom. The quantitative estimate of drug-likeness (QED) is 0.572. The molecule has 4 N–H and O–H groups in total. The molecule has 4 atom stereocenters. The van der Waals surface area contributed by atoms with E-state index in [1.54, 1.807) is 0 Å². The van der Waals surface area contributed by atoms with Gasteiger partial charge in [-0.25, -0.2) is 9.59 Å². The van der Waals surface area contributed by atoms with Crippen LogP contribution < -0.4 is 10.6 Å². The summed E-state index contributed by atoms with van der Waals surface area (Å²) in [4.78, 5) is 22.3. The van der Waals surface area contributed by atoms with E-state index >= 15 is 0 Å². The van der Waals surface area contributed by atoms with E-state index in [1.165, 1.54) is 6.92 Å². The molecule has 1 fully saturated rings. The topological polar surface area (TPSA) is 98.7 Å². The fourth-order valence-electron chi connectivity index (χ4n) is 2.10. The van der Waals surface area contributed by atoms with Gasteiger partial charge in [0.15, 0.2) is 6.04 Å². The van der Waals surface area contributed by atoms with Crippen molar-refractivity contribution in [2.75, 3.05) is 0 Å². The highest BCUT2D eigenvalue weighted by Gasteiger charge is 2.28. The molecule has 1 aliphatic rings. The summed E-state index contributed by atoms with van der Waals surface area (Å²) in [7, 11) is 0. The third-order valence-electron chi connectivity index (χ3n) is 3.21. The van der Waals surface area contributed by atoms with Crippen molar-refractivity contribution in [2.45, 2.75) is 51.3 Å². The van der Waals surface area contributed by atoms with Gasteiger partial charge in [0, 0.05) is 6.04 Å². The minimum Gasteiger partial charge on any atom is -0.480 e. The number of aliphatic hydroxyl groups is 1. The van der Waals surface area contributed by atoms with Gasteiger partial charge in [-0.15, -0.1) is 0 Å². The molecule has 0 aliphatic heterocycles. The molecule has 2 unspecified atom stereocenters. The summed E-state index contributed by atoms with van der Waals surface area (Å²) in [6, 6.07) is -1.71. The van der Waals surface area contributed by atoms with Crippen LogP contribution in [0.2, 0.25) is 0 Å². The van der Waals surface area contributed by atoms with E-state index < -0.39 is 24.1 Å². The Balaban J connectivity index is 2.45. The minimum atomic E-state index is -1.27. The number of rotatable bonds is 4. The highest BCUT2D eigenvalue weighted by atomic mass is 16.4. The number of carbonyl (C=O) groups is 2. The largest absolute Gasteiger partial charge is 0.480 e. The van der Waals surface area contributed by atoms with Crippen molar-refractivity contribution in [1.29, 1.82) is 0 Å². The van der Waals surface area contributed by atoms with Crippen LogP contribution in [0, 0.1) is 5.92 Å². The predicted molar refractivity (Wildman–Crippen MR) is 61.6 cm³/mol. The lowest BCUT2D eigenvalue weighted by molar-refractivity contribution is -0.141. The number of carboxylic acids is 1. The SMILES string of the molecule is CC1CCCC1NC(=O)N[C@H](C(=O)O)[C@@H](C)O. The summed E-state index contributed by atoms with van der Waals surface area (Å²) in [6.07, 6.45) is 1.94. The second kappa shape index (κ2) is 5.86. The molecular weight excluding hydrogens is 224 g/mol. The first-order valence-corrected chi connectivity index (χ1v) is 5.89. The number of carbonyl (C=O) groups excluding carboxylic acids is 1. The van der Waals surface area contributed by atoms with Crippen LogP contribution in [0.15, 0.2) is 0 Å². The Hall–Kier alpha value is -1.30. The predicted octanol–water partition coefficient (Wildman–Crippen LogP) is 0.308. The average Bonchev–Trinajstić information content (AvgIpc) is 2.60. The van der Waals surface area contributed by atoms with Gasteiger partial charge in [0.1, 0.15) is 0 Å². The van der Waals surface area contributed by atoms with E-state index in [2.05, 4.69) is 17.6 Å². The summed E-state index contributed by atoms with van der Waals surface area (Å²) < 4.78 is 0. The minimum absolute atomic E-state index is 0.0958. The van der Waals surface area contributed by atoms with Crippen molar-refractivity contribution in [3.05, 3.63) is 0 Å². The molecule has 1 aliphatic carbocycles. The standard InChI is InChI=1S/C11H20N2O4/c1-6-4-3-5-8(6)12-11(17)13-9(7(2)14)10(15)16/h6-9,14H,3-5H2,1-2H3,(H,15,16)(H2,12,13,17)/t6?,7-,8?,9+/m1/s1. The maximum atomic E-state index is 11.6. The van der Waals surface area contributed by atoms with Crippen molar-refractivity contribution in [3.63, 3.8) is 0 Å². The molecule has 1 rings (SSSR count). The molecule has 0 aromatic heterocycles. The number of aliphatic carboxylic acids is 1. The van der Waals surface area contributed by atoms with E-state index in [-0.39, 0.29) is 6.04 Å². The highest BCUT2D eigenvalue weighted by molar-refractivity contribution is 5.83. The molecule has 0 heterocycles. The Bertz CT molecular complexity index is 293. The van der Waals surface area contributed by atoms with Crippen LogP contribution in [0.1, 0.15) is 33.1 Å². The lowest BCUT2D eigenvalue weighted by Gasteiger charge is -2.21. The lowest BCUT2D eigenvalue weighted by Crippen LogP contribution is -2.53. The first-order chi connectivity index (χ1) is 7.91. The maximum Gasteiger partial charge on any atom is 0.328 e. The van der Waals surface area contributed by atoms with Crippen LogP contribution in [0.3, 0.4) is 0 Å². The maximum absolute atomic E-state index is 11.6. The van der Waals surface area contributed by atoms with Gasteiger partial charge in [-0.2, -0.15) is 0 Å². The number of hydrogen-bond acceptors (Lipinski definition) is 3. The Morgan fingerprint density at radius 1 is 1.35 bits per heavy atom. The molecule has 0 aromatic rings. The molecular formula is C11H20N2O4. The van der Waals surface area contributed by atoms with Gasteiger partial charge in [0.2, 0.25) is 0 Å². The van der Waals surface area contributed by atoms with Crippen molar-refractivity contribution in [1.82, 2.24) is 10.6 Å². The van der Waals surface area contributed by atoms with Crippen LogP contribution in [0.5, 0.6) is 0 Å². The number of urea groups is 1. The summed E-state index contributed by atoms with van der Waals surface area (Å²) in [5.74, 6) is -0.829. The Morgan fingerprint density at radius 2 is 2.00 bits per heavy atom. The normalized spacial score (nSPS) is 27.2. The molecule has 0 spiro atoms. The van der Waals surface area contributed by atoms with E-state index in [0.29, 0.717) is 5.92 Å². The third-order valence-corrected chi connectivity index (χ3v) is 3.21. The first kappa shape index (κ1) is 13.8. The zero-order valence-electron chi connectivity index (χ0n) is 10.1. The molecule has 6 heteroatoms. The molecule has 1 saturated carbocycles. The highest BCUT2D eigenvalue weighted by Crippen LogP contribution is 2.24. The molecule has 17 heavy (non-hydrogen) atoms. The van der Waals surface area contributed by atoms with Crippen LogP contribution in [0.4, 0.5) is 4.79 Å². The number of nitrogens with one attached hydrogen (secondary N) is 2. The molecule has 0 radical (unpaired) electrons. The van der Waals surface area contributed by atoms with Crippen molar-refractivity contribution in [2.24, 2.45) is 5.92 Å². The lowest BCUT2D eigenvalue weighted by atomic mass is 10.1. The first-order valence-electron chi connectivity index (χ1n) is 5.89. The van der Waals surface area contributed by atoms with E-state index in [0.717, 1.165) is 19.3 Å². The summed E-state index contributed by atoms with van der Waals surface area (Å²) in [6.45, 7) is 3.39. The van der Waals surface area contributed by atoms with E-state index in [4.69, 9.17) is 5.11 Å².